The Morgan fingerprint density at radius 3 is 1.39 bits per heavy atom. The van der Waals surface area contributed by atoms with E-state index in [-0.39, 0.29) is 24.1 Å². The third-order valence-electron chi connectivity index (χ3n) is 4.47. The Balaban J connectivity index is 1.53. The number of carbonyl (C=O) groups is 2. The van der Waals surface area contributed by atoms with Crippen molar-refractivity contribution >= 4 is 12.1 Å². The van der Waals surface area contributed by atoms with E-state index in [1.807, 2.05) is 74.5 Å². The Kier molecular flexibility index (Phi) is 8.85. The number of benzene rings is 2. The Labute approximate surface area is 167 Å². The summed E-state index contributed by atoms with van der Waals surface area (Å²) >= 11 is 0. The van der Waals surface area contributed by atoms with Crippen LogP contribution >= 0.6 is 0 Å². The van der Waals surface area contributed by atoms with Gasteiger partial charge in [0.05, 0.1) is 12.1 Å². The quantitative estimate of drug-likeness (QED) is 0.496. The average Bonchev–Trinajstić information content (AvgIpc) is 2.71. The summed E-state index contributed by atoms with van der Waals surface area (Å²) in [6.45, 7) is 5.04. The number of hydrogen-bond donors (Lipinski definition) is 4. The molecule has 4 amide bonds. The summed E-state index contributed by atoms with van der Waals surface area (Å²) in [6.07, 6.45) is 1.59. The molecular weight excluding hydrogens is 352 g/mol. The van der Waals surface area contributed by atoms with Crippen LogP contribution in [0.3, 0.4) is 0 Å². The second-order valence-corrected chi connectivity index (χ2v) is 6.77. The number of hydrogen-bond acceptors (Lipinski definition) is 2. The molecule has 0 fully saturated rings. The number of rotatable bonds is 9. The molecule has 0 heterocycles. The van der Waals surface area contributed by atoms with Crippen molar-refractivity contribution in [3.05, 3.63) is 71.8 Å². The lowest BCUT2D eigenvalue weighted by Gasteiger charge is -2.16. The molecule has 0 aliphatic carbocycles. The fraction of sp³-hybridized carbons (Fsp3) is 0.364. The SMILES string of the molecule is CC(NC(=O)NCCCCNC(=O)NC(C)c1ccccc1)c1ccccc1. The summed E-state index contributed by atoms with van der Waals surface area (Å²) in [6, 6.07) is 19.2. The van der Waals surface area contributed by atoms with E-state index in [0.29, 0.717) is 13.1 Å². The minimum absolute atomic E-state index is 0.0434. The normalized spacial score (nSPS) is 12.5. The summed E-state index contributed by atoms with van der Waals surface area (Å²) in [5.41, 5.74) is 2.13. The zero-order valence-electron chi connectivity index (χ0n) is 16.6. The minimum atomic E-state index is -0.182. The van der Waals surface area contributed by atoms with E-state index in [1.54, 1.807) is 0 Å². The van der Waals surface area contributed by atoms with E-state index in [0.717, 1.165) is 24.0 Å². The molecule has 2 unspecified atom stereocenters. The van der Waals surface area contributed by atoms with Gasteiger partial charge in [-0.15, -0.1) is 0 Å². The fourth-order valence-electron chi connectivity index (χ4n) is 2.80. The van der Waals surface area contributed by atoms with Gasteiger partial charge in [-0.2, -0.15) is 0 Å². The number of nitrogens with one attached hydrogen (secondary N) is 4. The Morgan fingerprint density at radius 2 is 1.04 bits per heavy atom. The second-order valence-electron chi connectivity index (χ2n) is 6.77. The molecule has 0 bridgehead atoms. The van der Waals surface area contributed by atoms with Gasteiger partial charge in [-0.3, -0.25) is 0 Å². The fourth-order valence-corrected chi connectivity index (χ4v) is 2.80. The molecule has 2 aromatic carbocycles. The van der Waals surface area contributed by atoms with Crippen LogP contribution in [0.5, 0.6) is 0 Å². The van der Waals surface area contributed by atoms with Crippen LogP contribution in [0.15, 0.2) is 60.7 Å². The molecule has 150 valence electrons. The van der Waals surface area contributed by atoms with Crippen LogP contribution in [0.25, 0.3) is 0 Å². The van der Waals surface area contributed by atoms with E-state index in [9.17, 15) is 9.59 Å². The molecule has 28 heavy (non-hydrogen) atoms. The highest BCUT2D eigenvalue weighted by Crippen LogP contribution is 2.11. The maximum Gasteiger partial charge on any atom is 0.315 e. The first-order valence-corrected chi connectivity index (χ1v) is 9.75. The van der Waals surface area contributed by atoms with E-state index >= 15 is 0 Å². The second kappa shape index (κ2) is 11.6. The van der Waals surface area contributed by atoms with Crippen LogP contribution in [0, 0.1) is 0 Å². The molecule has 2 atom stereocenters. The minimum Gasteiger partial charge on any atom is -0.338 e. The van der Waals surface area contributed by atoms with E-state index in [4.69, 9.17) is 0 Å². The van der Waals surface area contributed by atoms with Gasteiger partial charge in [-0.1, -0.05) is 60.7 Å². The Morgan fingerprint density at radius 1 is 0.679 bits per heavy atom. The van der Waals surface area contributed by atoms with Crippen LogP contribution in [0.4, 0.5) is 9.59 Å². The van der Waals surface area contributed by atoms with Crippen molar-refractivity contribution < 1.29 is 9.59 Å². The third-order valence-corrected chi connectivity index (χ3v) is 4.47. The van der Waals surface area contributed by atoms with Gasteiger partial charge in [0.2, 0.25) is 0 Å². The molecule has 0 spiro atoms. The maximum atomic E-state index is 11.9. The third kappa shape index (κ3) is 7.70. The van der Waals surface area contributed by atoms with Gasteiger partial charge in [-0.05, 0) is 37.8 Å². The first-order chi connectivity index (χ1) is 13.6. The van der Waals surface area contributed by atoms with Gasteiger partial charge in [-0.25, -0.2) is 9.59 Å². The van der Waals surface area contributed by atoms with Crippen LogP contribution in [-0.2, 0) is 0 Å². The van der Waals surface area contributed by atoms with Gasteiger partial charge >= 0.3 is 12.1 Å². The zero-order chi connectivity index (χ0) is 20.2. The predicted octanol–water partition coefficient (Wildman–Crippen LogP) is 3.89. The zero-order valence-corrected chi connectivity index (χ0v) is 16.6. The topological polar surface area (TPSA) is 82.3 Å². The van der Waals surface area contributed by atoms with E-state index < -0.39 is 0 Å². The standard InChI is InChI=1S/C22H30N4O2/c1-17(19-11-5-3-6-12-19)25-21(27)23-15-9-10-16-24-22(28)26-18(2)20-13-7-4-8-14-20/h3-8,11-14,17-18H,9-10,15-16H2,1-2H3,(H2,23,25,27)(H2,24,26,28). The molecule has 2 rings (SSSR count). The molecular formula is C22H30N4O2. The lowest BCUT2D eigenvalue weighted by Crippen LogP contribution is -2.38. The summed E-state index contributed by atoms with van der Waals surface area (Å²) < 4.78 is 0. The van der Waals surface area contributed by atoms with Crippen molar-refractivity contribution in [2.45, 2.75) is 38.8 Å². The maximum absolute atomic E-state index is 11.9. The predicted molar refractivity (Wildman–Crippen MR) is 112 cm³/mol. The first-order valence-electron chi connectivity index (χ1n) is 9.75. The van der Waals surface area contributed by atoms with Gasteiger partial charge in [0.25, 0.3) is 0 Å². The molecule has 0 aliphatic heterocycles. The van der Waals surface area contributed by atoms with Crippen molar-refractivity contribution in [1.29, 1.82) is 0 Å². The van der Waals surface area contributed by atoms with Gasteiger partial charge in [0.15, 0.2) is 0 Å². The Hall–Kier alpha value is -3.02. The summed E-state index contributed by atoms with van der Waals surface area (Å²) in [5.74, 6) is 0. The molecule has 0 saturated heterocycles. The Bertz CT molecular complexity index is 658. The monoisotopic (exact) mass is 382 g/mol. The lowest BCUT2D eigenvalue weighted by molar-refractivity contribution is 0.235. The summed E-state index contributed by atoms with van der Waals surface area (Å²) in [5, 5.41) is 11.5. The highest BCUT2D eigenvalue weighted by molar-refractivity contribution is 5.74. The lowest BCUT2D eigenvalue weighted by atomic mass is 10.1. The molecule has 0 aromatic heterocycles. The van der Waals surface area contributed by atoms with Crippen molar-refractivity contribution in [2.75, 3.05) is 13.1 Å². The van der Waals surface area contributed by atoms with Crippen LogP contribution in [0.1, 0.15) is 49.9 Å². The number of urea groups is 2. The number of unbranched alkanes of at least 4 members (excludes halogenated alkanes) is 1. The van der Waals surface area contributed by atoms with Crippen molar-refractivity contribution in [3.8, 4) is 0 Å². The number of carbonyl (C=O) groups excluding carboxylic acids is 2. The molecule has 2 aromatic rings. The summed E-state index contributed by atoms with van der Waals surface area (Å²) in [7, 11) is 0. The van der Waals surface area contributed by atoms with E-state index in [2.05, 4.69) is 21.3 Å². The van der Waals surface area contributed by atoms with Crippen molar-refractivity contribution in [1.82, 2.24) is 21.3 Å². The molecule has 0 aliphatic rings. The van der Waals surface area contributed by atoms with Gasteiger partial charge in [0, 0.05) is 13.1 Å². The first kappa shape index (κ1) is 21.3. The van der Waals surface area contributed by atoms with E-state index in [1.165, 1.54) is 0 Å². The molecule has 0 radical (unpaired) electrons. The van der Waals surface area contributed by atoms with Gasteiger partial charge < -0.3 is 21.3 Å². The highest BCUT2D eigenvalue weighted by atomic mass is 16.2. The van der Waals surface area contributed by atoms with Gasteiger partial charge in [0.1, 0.15) is 0 Å². The van der Waals surface area contributed by atoms with Crippen LogP contribution in [-0.4, -0.2) is 25.2 Å². The number of amides is 4. The highest BCUT2D eigenvalue weighted by Gasteiger charge is 2.09. The average molecular weight is 383 g/mol. The molecule has 0 saturated carbocycles. The van der Waals surface area contributed by atoms with Crippen LogP contribution in [0.2, 0.25) is 0 Å². The molecule has 4 N–H and O–H groups in total. The molecule has 6 nitrogen and oxygen atoms in total. The van der Waals surface area contributed by atoms with Crippen molar-refractivity contribution in [2.24, 2.45) is 0 Å². The van der Waals surface area contributed by atoms with Crippen molar-refractivity contribution in [3.63, 3.8) is 0 Å². The largest absolute Gasteiger partial charge is 0.338 e. The molecule has 6 heteroatoms. The van der Waals surface area contributed by atoms with Crippen LogP contribution < -0.4 is 21.3 Å². The summed E-state index contributed by atoms with van der Waals surface area (Å²) in [4.78, 5) is 23.8. The smallest absolute Gasteiger partial charge is 0.315 e.